The summed E-state index contributed by atoms with van der Waals surface area (Å²) in [5, 5.41) is 2.84. The molecule has 2 fully saturated rings. The molecule has 6 nitrogen and oxygen atoms in total. The van der Waals surface area contributed by atoms with Gasteiger partial charge in [-0.3, -0.25) is 4.79 Å². The van der Waals surface area contributed by atoms with E-state index in [2.05, 4.69) is 17.3 Å². The molecule has 3 rings (SSSR count). The number of carbonyl (C=O) groups is 2. The van der Waals surface area contributed by atoms with Crippen LogP contribution in [0.1, 0.15) is 52.0 Å². The lowest BCUT2D eigenvalue weighted by molar-refractivity contribution is -0.135. The zero-order chi connectivity index (χ0) is 22.4. The van der Waals surface area contributed by atoms with Gasteiger partial charge >= 0.3 is 6.09 Å². The molecule has 1 N–H and O–H groups in total. The van der Waals surface area contributed by atoms with E-state index in [0.717, 1.165) is 37.4 Å². The molecule has 0 aliphatic carbocycles. The van der Waals surface area contributed by atoms with Crippen LogP contribution in [-0.2, 0) is 16.0 Å². The predicted octanol–water partition coefficient (Wildman–Crippen LogP) is 3.70. The van der Waals surface area contributed by atoms with Crippen LogP contribution in [0.5, 0.6) is 0 Å². The highest BCUT2D eigenvalue weighted by atomic mass is 16.6. The lowest BCUT2D eigenvalue weighted by Crippen LogP contribution is -2.53. The average molecular weight is 430 g/mol. The summed E-state index contributed by atoms with van der Waals surface area (Å²) in [5.74, 6) is 1.49. The zero-order valence-corrected chi connectivity index (χ0v) is 19.6. The lowest BCUT2D eigenvalue weighted by atomic mass is 9.79. The van der Waals surface area contributed by atoms with Crippen molar-refractivity contribution in [2.45, 2.75) is 64.5 Å². The third-order valence-electron chi connectivity index (χ3n) is 6.55. The van der Waals surface area contributed by atoms with E-state index in [1.807, 2.05) is 56.0 Å². The van der Waals surface area contributed by atoms with Crippen LogP contribution in [-0.4, -0.2) is 66.7 Å². The van der Waals surface area contributed by atoms with Gasteiger partial charge in [-0.1, -0.05) is 30.3 Å². The van der Waals surface area contributed by atoms with Crippen molar-refractivity contribution in [3.05, 3.63) is 35.9 Å². The summed E-state index contributed by atoms with van der Waals surface area (Å²) in [6.45, 7) is 9.40. The number of nitrogens with one attached hydrogen (secondary N) is 1. The van der Waals surface area contributed by atoms with Gasteiger partial charge in [0.2, 0.25) is 5.91 Å². The van der Waals surface area contributed by atoms with Crippen molar-refractivity contribution in [3.8, 4) is 0 Å². The van der Waals surface area contributed by atoms with Crippen LogP contribution in [0.2, 0.25) is 0 Å². The fourth-order valence-electron chi connectivity index (χ4n) is 4.81. The molecular weight excluding hydrogens is 390 g/mol. The molecular formula is C25H39N3O3. The Hall–Kier alpha value is -2.08. The van der Waals surface area contributed by atoms with Crippen LogP contribution in [0.15, 0.2) is 30.3 Å². The van der Waals surface area contributed by atoms with E-state index in [-0.39, 0.29) is 5.91 Å². The Morgan fingerprint density at radius 1 is 1.00 bits per heavy atom. The molecule has 2 saturated heterocycles. The zero-order valence-electron chi connectivity index (χ0n) is 19.6. The van der Waals surface area contributed by atoms with E-state index in [1.165, 1.54) is 25.9 Å². The standard InChI is InChI=1S/C25H39N3O3/c1-25(2,3)31-24(30)26-22(18-19-8-6-5-7-9-19)23(29)28-16-12-21(13-17-28)20-10-14-27(4)15-11-20/h5-9,20-22H,10-18H2,1-4H3,(H,26,30)/t22-/m1/s1. The summed E-state index contributed by atoms with van der Waals surface area (Å²) in [4.78, 5) is 30.2. The summed E-state index contributed by atoms with van der Waals surface area (Å²) in [6, 6.07) is 9.23. The number of hydrogen-bond donors (Lipinski definition) is 1. The highest BCUT2D eigenvalue weighted by molar-refractivity contribution is 5.86. The van der Waals surface area contributed by atoms with Gasteiger partial charge in [0, 0.05) is 19.5 Å². The number of benzene rings is 1. The third-order valence-corrected chi connectivity index (χ3v) is 6.55. The molecule has 6 heteroatoms. The monoisotopic (exact) mass is 429 g/mol. The Morgan fingerprint density at radius 2 is 1.55 bits per heavy atom. The average Bonchev–Trinajstić information content (AvgIpc) is 2.73. The van der Waals surface area contributed by atoms with Crippen molar-refractivity contribution >= 4 is 12.0 Å². The second-order valence-electron chi connectivity index (χ2n) is 10.2. The van der Waals surface area contributed by atoms with Crippen LogP contribution in [0.25, 0.3) is 0 Å². The molecule has 1 aromatic carbocycles. The maximum absolute atomic E-state index is 13.4. The minimum atomic E-state index is -0.614. The van der Waals surface area contributed by atoms with Crippen LogP contribution < -0.4 is 5.32 Å². The second kappa shape index (κ2) is 10.5. The first-order valence-corrected chi connectivity index (χ1v) is 11.7. The first-order valence-electron chi connectivity index (χ1n) is 11.7. The van der Waals surface area contributed by atoms with E-state index in [1.54, 1.807) is 0 Å². The third kappa shape index (κ3) is 7.23. The van der Waals surface area contributed by atoms with E-state index in [4.69, 9.17) is 4.74 Å². The molecule has 0 saturated carbocycles. The molecule has 172 valence electrons. The number of hydrogen-bond acceptors (Lipinski definition) is 4. The van der Waals surface area contributed by atoms with Crippen molar-refractivity contribution in [1.29, 1.82) is 0 Å². The molecule has 1 atom stereocenters. The van der Waals surface area contributed by atoms with Crippen molar-refractivity contribution in [1.82, 2.24) is 15.1 Å². The largest absolute Gasteiger partial charge is 0.444 e. The van der Waals surface area contributed by atoms with Gasteiger partial charge in [-0.2, -0.15) is 0 Å². The van der Waals surface area contributed by atoms with Crippen molar-refractivity contribution in [2.75, 3.05) is 33.2 Å². The van der Waals surface area contributed by atoms with Crippen molar-refractivity contribution in [2.24, 2.45) is 11.8 Å². The Kier molecular flexibility index (Phi) is 7.98. The SMILES string of the molecule is CN1CCC(C2CCN(C(=O)[C@@H](Cc3ccccc3)NC(=O)OC(C)(C)C)CC2)CC1. The Balaban J connectivity index is 1.60. The fraction of sp³-hybridized carbons (Fsp3) is 0.680. The van der Waals surface area contributed by atoms with Gasteiger partial charge in [-0.05, 0) is 84.0 Å². The van der Waals surface area contributed by atoms with E-state index >= 15 is 0 Å². The molecule has 1 aromatic rings. The molecule has 0 unspecified atom stereocenters. The van der Waals surface area contributed by atoms with Crippen LogP contribution in [0.4, 0.5) is 4.79 Å². The molecule has 31 heavy (non-hydrogen) atoms. The Bertz CT molecular complexity index is 715. The maximum atomic E-state index is 13.4. The number of ether oxygens (including phenoxy) is 1. The van der Waals surface area contributed by atoms with Gasteiger partial charge in [0.05, 0.1) is 0 Å². The normalized spacial score (nSPS) is 20.3. The number of likely N-dealkylation sites (tertiary alicyclic amines) is 2. The van der Waals surface area contributed by atoms with E-state index in [9.17, 15) is 9.59 Å². The number of nitrogens with zero attached hydrogens (tertiary/aromatic N) is 2. The van der Waals surface area contributed by atoms with Crippen LogP contribution in [0.3, 0.4) is 0 Å². The number of piperidine rings is 2. The van der Waals surface area contributed by atoms with Crippen molar-refractivity contribution in [3.63, 3.8) is 0 Å². The summed E-state index contributed by atoms with van der Waals surface area (Å²) in [7, 11) is 2.20. The van der Waals surface area contributed by atoms with Crippen molar-refractivity contribution < 1.29 is 14.3 Å². The molecule has 2 aliphatic rings. The van der Waals surface area contributed by atoms with Gasteiger partial charge in [-0.25, -0.2) is 4.79 Å². The number of rotatable bonds is 5. The molecule has 0 bridgehead atoms. The highest BCUT2D eigenvalue weighted by Gasteiger charge is 2.33. The lowest BCUT2D eigenvalue weighted by Gasteiger charge is -2.40. The van der Waals surface area contributed by atoms with E-state index < -0.39 is 17.7 Å². The molecule has 0 spiro atoms. The van der Waals surface area contributed by atoms with E-state index in [0.29, 0.717) is 12.3 Å². The quantitative estimate of drug-likeness (QED) is 0.775. The van der Waals surface area contributed by atoms with Gasteiger partial charge in [0.25, 0.3) is 0 Å². The van der Waals surface area contributed by atoms with Gasteiger partial charge in [0.1, 0.15) is 11.6 Å². The number of amides is 2. The second-order valence-corrected chi connectivity index (χ2v) is 10.2. The van der Waals surface area contributed by atoms with Crippen LogP contribution in [0, 0.1) is 11.8 Å². The van der Waals surface area contributed by atoms with Gasteiger partial charge in [-0.15, -0.1) is 0 Å². The topological polar surface area (TPSA) is 61.9 Å². The molecule has 2 aliphatic heterocycles. The fourth-order valence-corrected chi connectivity index (χ4v) is 4.81. The number of alkyl carbamates (subject to hydrolysis) is 1. The number of carbonyl (C=O) groups excluding carboxylic acids is 2. The summed E-state index contributed by atoms with van der Waals surface area (Å²) < 4.78 is 5.42. The first-order chi connectivity index (χ1) is 14.7. The molecule has 2 amide bonds. The maximum Gasteiger partial charge on any atom is 0.408 e. The molecule has 0 aromatic heterocycles. The van der Waals surface area contributed by atoms with Crippen LogP contribution >= 0.6 is 0 Å². The first kappa shape index (κ1) is 23.6. The Labute approximate surface area is 187 Å². The predicted molar refractivity (Wildman–Crippen MR) is 123 cm³/mol. The molecule has 0 radical (unpaired) electrons. The molecule has 2 heterocycles. The van der Waals surface area contributed by atoms with Gasteiger partial charge < -0.3 is 19.9 Å². The minimum Gasteiger partial charge on any atom is -0.444 e. The summed E-state index contributed by atoms with van der Waals surface area (Å²) >= 11 is 0. The minimum absolute atomic E-state index is 0.00320. The summed E-state index contributed by atoms with van der Waals surface area (Å²) in [6.07, 6.45) is 4.59. The Morgan fingerprint density at radius 3 is 2.10 bits per heavy atom. The van der Waals surface area contributed by atoms with Gasteiger partial charge in [0.15, 0.2) is 0 Å². The smallest absolute Gasteiger partial charge is 0.408 e. The highest BCUT2D eigenvalue weighted by Crippen LogP contribution is 2.32. The summed E-state index contributed by atoms with van der Waals surface area (Å²) in [5.41, 5.74) is 0.426.